The van der Waals surface area contributed by atoms with Gasteiger partial charge in [0.1, 0.15) is 12.4 Å². The number of para-hydroxylation sites is 1. The SMILES string of the molecule is C[C@@H](CCc1ccccc1)NC(=O)c1ccc(NC(=O)c2nnc(COc3ccccc3)s2)cc1. The minimum atomic E-state index is -0.361. The number of amides is 2. The van der Waals surface area contributed by atoms with E-state index in [9.17, 15) is 9.59 Å². The molecule has 4 rings (SSSR count). The Kier molecular flexibility index (Phi) is 8.19. The molecule has 2 N–H and O–H groups in total. The van der Waals surface area contributed by atoms with Crippen LogP contribution in [-0.2, 0) is 13.0 Å². The summed E-state index contributed by atoms with van der Waals surface area (Å²) >= 11 is 1.17. The molecular formula is C27H26N4O3S. The second-order valence-electron chi connectivity index (χ2n) is 8.03. The topological polar surface area (TPSA) is 93.2 Å². The van der Waals surface area contributed by atoms with Crippen molar-refractivity contribution >= 4 is 28.8 Å². The molecule has 0 unspecified atom stereocenters. The number of carbonyl (C=O) groups excluding carboxylic acids is 2. The van der Waals surface area contributed by atoms with E-state index in [2.05, 4.69) is 33.0 Å². The third-order valence-corrected chi connectivity index (χ3v) is 6.15. The molecule has 0 bridgehead atoms. The summed E-state index contributed by atoms with van der Waals surface area (Å²) in [6.07, 6.45) is 1.75. The zero-order valence-corrected chi connectivity index (χ0v) is 20.1. The molecule has 4 aromatic rings. The summed E-state index contributed by atoms with van der Waals surface area (Å²) in [6, 6.07) is 26.4. The van der Waals surface area contributed by atoms with Crippen LogP contribution in [-0.4, -0.2) is 28.1 Å². The summed E-state index contributed by atoms with van der Waals surface area (Å²) in [6.45, 7) is 2.24. The van der Waals surface area contributed by atoms with E-state index in [0.29, 0.717) is 16.3 Å². The standard InChI is InChI=1S/C27H26N4O3S/c1-19(12-13-20-8-4-2-5-9-20)28-25(32)21-14-16-22(17-15-21)29-26(33)27-31-30-24(35-27)18-34-23-10-6-3-7-11-23/h2-11,14-17,19H,12-13,18H2,1H3,(H,28,32)(H,29,33)/t19-/m0/s1. The first-order valence-electron chi connectivity index (χ1n) is 11.3. The first-order chi connectivity index (χ1) is 17.1. The number of ether oxygens (including phenoxy) is 1. The van der Waals surface area contributed by atoms with Gasteiger partial charge in [-0.15, -0.1) is 10.2 Å². The van der Waals surface area contributed by atoms with Crippen LogP contribution in [0.15, 0.2) is 84.9 Å². The van der Waals surface area contributed by atoms with E-state index in [4.69, 9.17) is 4.74 Å². The van der Waals surface area contributed by atoms with Gasteiger partial charge in [-0.1, -0.05) is 59.9 Å². The van der Waals surface area contributed by atoms with E-state index in [1.165, 1.54) is 16.9 Å². The van der Waals surface area contributed by atoms with Crippen LogP contribution in [0.3, 0.4) is 0 Å². The van der Waals surface area contributed by atoms with Gasteiger partial charge >= 0.3 is 0 Å². The molecule has 178 valence electrons. The molecule has 1 atom stereocenters. The highest BCUT2D eigenvalue weighted by Crippen LogP contribution is 2.17. The van der Waals surface area contributed by atoms with Crippen molar-refractivity contribution in [2.75, 3.05) is 5.32 Å². The fraction of sp³-hybridized carbons (Fsp3) is 0.185. The molecular weight excluding hydrogens is 460 g/mol. The van der Waals surface area contributed by atoms with Gasteiger partial charge in [0.2, 0.25) is 5.01 Å². The minimum Gasteiger partial charge on any atom is -0.486 e. The number of aryl methyl sites for hydroxylation is 1. The molecule has 1 heterocycles. The molecule has 0 saturated heterocycles. The lowest BCUT2D eigenvalue weighted by atomic mass is 10.1. The molecule has 7 nitrogen and oxygen atoms in total. The summed E-state index contributed by atoms with van der Waals surface area (Å²) in [5, 5.41) is 14.6. The van der Waals surface area contributed by atoms with Gasteiger partial charge in [0.25, 0.3) is 11.8 Å². The van der Waals surface area contributed by atoms with Gasteiger partial charge in [-0.2, -0.15) is 0 Å². The van der Waals surface area contributed by atoms with Gasteiger partial charge in [0.05, 0.1) is 0 Å². The maximum absolute atomic E-state index is 12.6. The Bertz CT molecular complexity index is 1240. The molecule has 0 spiro atoms. The fourth-order valence-electron chi connectivity index (χ4n) is 3.36. The van der Waals surface area contributed by atoms with Crippen molar-refractivity contribution in [2.45, 2.75) is 32.4 Å². The predicted octanol–water partition coefficient (Wildman–Crippen LogP) is 5.12. The van der Waals surface area contributed by atoms with Crippen LogP contribution in [0, 0.1) is 0 Å². The lowest BCUT2D eigenvalue weighted by Crippen LogP contribution is -2.32. The van der Waals surface area contributed by atoms with Gasteiger partial charge in [-0.3, -0.25) is 9.59 Å². The Hall–Kier alpha value is -4.04. The smallest absolute Gasteiger partial charge is 0.286 e. The third kappa shape index (κ3) is 7.22. The number of rotatable bonds is 10. The zero-order chi connectivity index (χ0) is 24.5. The van der Waals surface area contributed by atoms with Crippen molar-refractivity contribution in [1.29, 1.82) is 0 Å². The molecule has 0 radical (unpaired) electrons. The second kappa shape index (κ2) is 11.9. The lowest BCUT2D eigenvalue weighted by molar-refractivity contribution is 0.0938. The number of hydrogen-bond donors (Lipinski definition) is 2. The largest absolute Gasteiger partial charge is 0.486 e. The van der Waals surface area contributed by atoms with Crippen LogP contribution >= 0.6 is 11.3 Å². The summed E-state index contributed by atoms with van der Waals surface area (Å²) < 4.78 is 5.64. The Labute approximate surface area is 208 Å². The van der Waals surface area contributed by atoms with Crippen LogP contribution in [0.4, 0.5) is 5.69 Å². The van der Waals surface area contributed by atoms with E-state index >= 15 is 0 Å². The fourth-order valence-corrected chi connectivity index (χ4v) is 4.01. The second-order valence-corrected chi connectivity index (χ2v) is 9.10. The minimum absolute atomic E-state index is 0.0413. The van der Waals surface area contributed by atoms with Crippen LogP contribution in [0.25, 0.3) is 0 Å². The number of aromatic nitrogens is 2. The van der Waals surface area contributed by atoms with Crippen molar-refractivity contribution in [3.8, 4) is 5.75 Å². The molecule has 0 aliphatic carbocycles. The zero-order valence-electron chi connectivity index (χ0n) is 19.3. The first kappa shape index (κ1) is 24.1. The van der Waals surface area contributed by atoms with Crippen LogP contribution in [0.5, 0.6) is 5.75 Å². The molecule has 3 aromatic carbocycles. The molecule has 35 heavy (non-hydrogen) atoms. The normalized spacial score (nSPS) is 11.5. The number of anilines is 1. The highest BCUT2D eigenvalue weighted by Gasteiger charge is 2.15. The van der Waals surface area contributed by atoms with E-state index in [0.717, 1.165) is 18.6 Å². The molecule has 1 aromatic heterocycles. The maximum Gasteiger partial charge on any atom is 0.286 e. The van der Waals surface area contributed by atoms with Crippen LogP contribution in [0.2, 0.25) is 0 Å². The molecule has 0 aliphatic heterocycles. The highest BCUT2D eigenvalue weighted by molar-refractivity contribution is 7.13. The summed E-state index contributed by atoms with van der Waals surface area (Å²) in [7, 11) is 0. The Morgan fingerprint density at radius 2 is 1.57 bits per heavy atom. The third-order valence-electron chi connectivity index (χ3n) is 5.26. The van der Waals surface area contributed by atoms with Crippen molar-refractivity contribution in [3.63, 3.8) is 0 Å². The average Bonchev–Trinajstić information content (AvgIpc) is 3.37. The Balaban J connectivity index is 1.25. The van der Waals surface area contributed by atoms with Crippen LogP contribution in [0.1, 0.15) is 44.1 Å². The first-order valence-corrected chi connectivity index (χ1v) is 12.1. The number of nitrogens with one attached hydrogen (secondary N) is 2. The monoisotopic (exact) mass is 486 g/mol. The Morgan fingerprint density at radius 3 is 2.29 bits per heavy atom. The maximum atomic E-state index is 12.6. The van der Waals surface area contributed by atoms with Crippen LogP contribution < -0.4 is 15.4 Å². The van der Waals surface area contributed by atoms with Crippen molar-refractivity contribution in [3.05, 3.63) is 106 Å². The number of carbonyl (C=O) groups is 2. The molecule has 8 heteroatoms. The summed E-state index contributed by atoms with van der Waals surface area (Å²) in [5.74, 6) is 0.222. The quantitative estimate of drug-likeness (QED) is 0.325. The van der Waals surface area contributed by atoms with E-state index < -0.39 is 0 Å². The van der Waals surface area contributed by atoms with Gasteiger partial charge < -0.3 is 15.4 Å². The molecule has 0 saturated carbocycles. The highest BCUT2D eigenvalue weighted by atomic mass is 32.1. The van der Waals surface area contributed by atoms with E-state index in [1.807, 2.05) is 55.5 Å². The molecule has 0 fully saturated rings. The van der Waals surface area contributed by atoms with Gasteiger partial charge in [-0.05, 0) is 61.7 Å². The lowest BCUT2D eigenvalue weighted by Gasteiger charge is -2.14. The molecule has 2 amide bonds. The van der Waals surface area contributed by atoms with E-state index in [1.54, 1.807) is 24.3 Å². The van der Waals surface area contributed by atoms with Gasteiger partial charge in [0, 0.05) is 17.3 Å². The number of hydrogen-bond acceptors (Lipinski definition) is 6. The average molecular weight is 487 g/mol. The number of nitrogens with zero attached hydrogens (tertiary/aromatic N) is 2. The predicted molar refractivity (Wildman–Crippen MR) is 137 cm³/mol. The summed E-state index contributed by atoms with van der Waals surface area (Å²) in [5.41, 5.74) is 2.35. The molecule has 0 aliphatic rings. The van der Waals surface area contributed by atoms with E-state index in [-0.39, 0.29) is 29.5 Å². The summed E-state index contributed by atoms with van der Waals surface area (Å²) in [4.78, 5) is 25.1. The van der Waals surface area contributed by atoms with Crippen molar-refractivity contribution in [1.82, 2.24) is 15.5 Å². The number of benzene rings is 3. The van der Waals surface area contributed by atoms with Crippen molar-refractivity contribution in [2.24, 2.45) is 0 Å². The van der Waals surface area contributed by atoms with Crippen molar-refractivity contribution < 1.29 is 14.3 Å². The van der Waals surface area contributed by atoms with Gasteiger partial charge in [0.15, 0.2) is 5.01 Å². The Morgan fingerprint density at radius 1 is 0.886 bits per heavy atom. The van der Waals surface area contributed by atoms with Gasteiger partial charge in [-0.25, -0.2) is 0 Å².